The lowest BCUT2D eigenvalue weighted by Crippen LogP contribution is -2.39. The highest BCUT2D eigenvalue weighted by atomic mass is 19.1. The average Bonchev–Trinajstić information content (AvgIpc) is 2.29. The second-order valence-corrected chi connectivity index (χ2v) is 5.03. The fourth-order valence-corrected chi connectivity index (χ4v) is 2.83. The van der Waals surface area contributed by atoms with Gasteiger partial charge < -0.3 is 5.73 Å². The fourth-order valence-electron chi connectivity index (χ4n) is 2.83. The van der Waals surface area contributed by atoms with Crippen LogP contribution in [0, 0.1) is 5.82 Å². The van der Waals surface area contributed by atoms with E-state index in [9.17, 15) is 8.78 Å². The summed E-state index contributed by atoms with van der Waals surface area (Å²) in [6, 6.07) is 4.71. The fraction of sp³-hybridized carbons (Fsp3) is 0.571. The molecule has 1 unspecified atom stereocenters. The summed E-state index contributed by atoms with van der Waals surface area (Å²) in [4.78, 5) is 0. The SMILES string of the molecule is CC(F)c1c(F)cccc1C1(N)CCCCC1. The molecule has 0 saturated heterocycles. The van der Waals surface area contributed by atoms with Crippen LogP contribution in [0.4, 0.5) is 8.78 Å². The van der Waals surface area contributed by atoms with E-state index < -0.39 is 17.5 Å². The van der Waals surface area contributed by atoms with Gasteiger partial charge in [0.1, 0.15) is 12.0 Å². The molecule has 0 amide bonds. The molecule has 1 aromatic carbocycles. The van der Waals surface area contributed by atoms with Gasteiger partial charge in [0.05, 0.1) is 0 Å². The van der Waals surface area contributed by atoms with Crippen molar-refractivity contribution in [3.8, 4) is 0 Å². The molecule has 1 saturated carbocycles. The molecular formula is C14H19F2N. The minimum absolute atomic E-state index is 0.150. The van der Waals surface area contributed by atoms with Crippen molar-refractivity contribution in [3.05, 3.63) is 35.1 Å². The van der Waals surface area contributed by atoms with Crippen LogP contribution in [0.25, 0.3) is 0 Å². The Balaban J connectivity index is 2.46. The molecule has 1 nitrogen and oxygen atoms in total. The van der Waals surface area contributed by atoms with Crippen molar-refractivity contribution < 1.29 is 8.78 Å². The minimum atomic E-state index is -1.31. The summed E-state index contributed by atoms with van der Waals surface area (Å²) >= 11 is 0. The molecule has 2 N–H and O–H groups in total. The van der Waals surface area contributed by atoms with Crippen LogP contribution < -0.4 is 5.73 Å². The Morgan fingerprint density at radius 1 is 1.24 bits per heavy atom. The predicted octanol–water partition coefficient (Wildman–Crippen LogP) is 3.97. The van der Waals surface area contributed by atoms with Gasteiger partial charge in [0.2, 0.25) is 0 Å². The van der Waals surface area contributed by atoms with E-state index in [1.54, 1.807) is 12.1 Å². The van der Waals surface area contributed by atoms with Crippen molar-refractivity contribution in [2.45, 2.75) is 50.7 Å². The zero-order valence-corrected chi connectivity index (χ0v) is 10.2. The maximum atomic E-state index is 13.7. The Labute approximate surface area is 101 Å². The first-order chi connectivity index (χ1) is 8.04. The van der Waals surface area contributed by atoms with Gasteiger partial charge >= 0.3 is 0 Å². The van der Waals surface area contributed by atoms with Crippen molar-refractivity contribution in [1.29, 1.82) is 0 Å². The maximum Gasteiger partial charge on any atom is 0.129 e. The topological polar surface area (TPSA) is 26.0 Å². The van der Waals surface area contributed by atoms with E-state index in [1.165, 1.54) is 13.0 Å². The molecule has 1 fully saturated rings. The van der Waals surface area contributed by atoms with Crippen LogP contribution in [0.2, 0.25) is 0 Å². The lowest BCUT2D eigenvalue weighted by molar-refractivity contribution is 0.286. The van der Waals surface area contributed by atoms with Crippen LogP contribution in [0.15, 0.2) is 18.2 Å². The quantitative estimate of drug-likeness (QED) is 0.830. The van der Waals surface area contributed by atoms with E-state index in [-0.39, 0.29) is 5.56 Å². The van der Waals surface area contributed by atoms with Gasteiger partial charge in [-0.05, 0) is 31.4 Å². The van der Waals surface area contributed by atoms with Gasteiger partial charge in [0.25, 0.3) is 0 Å². The van der Waals surface area contributed by atoms with E-state index in [0.717, 1.165) is 32.1 Å². The number of rotatable bonds is 2. The molecular weight excluding hydrogens is 220 g/mol. The van der Waals surface area contributed by atoms with Crippen LogP contribution in [0.3, 0.4) is 0 Å². The van der Waals surface area contributed by atoms with Crippen molar-refractivity contribution in [1.82, 2.24) is 0 Å². The number of hydrogen-bond acceptors (Lipinski definition) is 1. The predicted molar refractivity (Wildman–Crippen MR) is 64.9 cm³/mol. The van der Waals surface area contributed by atoms with Crippen LogP contribution in [0.1, 0.15) is 56.3 Å². The van der Waals surface area contributed by atoms with Gasteiger partial charge in [-0.1, -0.05) is 31.4 Å². The summed E-state index contributed by atoms with van der Waals surface area (Å²) in [5.41, 5.74) is 6.62. The monoisotopic (exact) mass is 239 g/mol. The Hall–Kier alpha value is -0.960. The molecule has 1 atom stereocenters. The Kier molecular flexibility index (Phi) is 3.48. The molecule has 0 aromatic heterocycles. The lowest BCUT2D eigenvalue weighted by atomic mass is 9.75. The van der Waals surface area contributed by atoms with Gasteiger partial charge in [-0.25, -0.2) is 8.78 Å². The molecule has 0 radical (unpaired) electrons. The molecule has 1 aliphatic rings. The van der Waals surface area contributed by atoms with E-state index >= 15 is 0 Å². The van der Waals surface area contributed by atoms with Crippen molar-refractivity contribution in [2.24, 2.45) is 5.73 Å². The van der Waals surface area contributed by atoms with Crippen molar-refractivity contribution in [2.75, 3.05) is 0 Å². The second kappa shape index (κ2) is 4.73. The summed E-state index contributed by atoms with van der Waals surface area (Å²) in [5, 5.41) is 0. The standard InChI is InChI=1S/C14H19F2N/c1-10(15)13-11(6-5-7-12(13)16)14(17)8-3-2-4-9-14/h5-7,10H,2-4,8-9,17H2,1H3. The normalized spacial score (nSPS) is 21.2. The summed E-state index contributed by atoms with van der Waals surface area (Å²) in [5.74, 6) is -0.479. The minimum Gasteiger partial charge on any atom is -0.321 e. The molecule has 0 bridgehead atoms. The van der Waals surface area contributed by atoms with Gasteiger partial charge in [-0.15, -0.1) is 0 Å². The summed E-state index contributed by atoms with van der Waals surface area (Å²) in [6.45, 7) is 1.37. The zero-order chi connectivity index (χ0) is 12.5. The van der Waals surface area contributed by atoms with Crippen LogP contribution in [-0.2, 0) is 5.54 Å². The third-order valence-corrected chi connectivity index (χ3v) is 3.73. The van der Waals surface area contributed by atoms with Crippen molar-refractivity contribution >= 4 is 0 Å². The van der Waals surface area contributed by atoms with Gasteiger partial charge in [0.15, 0.2) is 0 Å². The molecule has 94 valence electrons. The summed E-state index contributed by atoms with van der Waals surface area (Å²) < 4.78 is 27.3. The number of nitrogens with two attached hydrogens (primary N) is 1. The van der Waals surface area contributed by atoms with E-state index in [1.807, 2.05) is 0 Å². The Bertz CT molecular complexity index is 395. The molecule has 1 aliphatic carbocycles. The Morgan fingerprint density at radius 2 is 1.88 bits per heavy atom. The molecule has 1 aromatic rings. The average molecular weight is 239 g/mol. The molecule has 0 aliphatic heterocycles. The largest absolute Gasteiger partial charge is 0.321 e. The third-order valence-electron chi connectivity index (χ3n) is 3.73. The highest BCUT2D eigenvalue weighted by Gasteiger charge is 2.33. The molecule has 0 heterocycles. The summed E-state index contributed by atoms with van der Waals surface area (Å²) in [7, 11) is 0. The first-order valence-electron chi connectivity index (χ1n) is 6.26. The third kappa shape index (κ3) is 2.34. The van der Waals surface area contributed by atoms with E-state index in [0.29, 0.717) is 5.56 Å². The maximum absolute atomic E-state index is 13.7. The van der Waals surface area contributed by atoms with Crippen LogP contribution in [0.5, 0.6) is 0 Å². The summed E-state index contributed by atoms with van der Waals surface area (Å²) in [6.07, 6.45) is 3.55. The smallest absolute Gasteiger partial charge is 0.129 e. The van der Waals surface area contributed by atoms with E-state index in [4.69, 9.17) is 5.73 Å². The van der Waals surface area contributed by atoms with Crippen LogP contribution in [-0.4, -0.2) is 0 Å². The lowest BCUT2D eigenvalue weighted by Gasteiger charge is -2.35. The number of alkyl halides is 1. The van der Waals surface area contributed by atoms with Gasteiger partial charge in [0, 0.05) is 11.1 Å². The molecule has 3 heteroatoms. The van der Waals surface area contributed by atoms with Gasteiger partial charge in [-0.3, -0.25) is 0 Å². The van der Waals surface area contributed by atoms with Crippen LogP contribution >= 0.6 is 0 Å². The second-order valence-electron chi connectivity index (χ2n) is 5.03. The zero-order valence-electron chi connectivity index (χ0n) is 10.2. The first kappa shape index (κ1) is 12.5. The first-order valence-corrected chi connectivity index (χ1v) is 6.26. The van der Waals surface area contributed by atoms with E-state index in [2.05, 4.69) is 0 Å². The number of hydrogen-bond donors (Lipinski definition) is 1. The highest BCUT2D eigenvalue weighted by Crippen LogP contribution is 2.39. The van der Waals surface area contributed by atoms with Gasteiger partial charge in [-0.2, -0.15) is 0 Å². The number of halogens is 2. The molecule has 17 heavy (non-hydrogen) atoms. The highest BCUT2D eigenvalue weighted by molar-refractivity contribution is 5.36. The number of benzene rings is 1. The Morgan fingerprint density at radius 3 is 2.47 bits per heavy atom. The molecule has 0 spiro atoms. The van der Waals surface area contributed by atoms with Crippen molar-refractivity contribution in [3.63, 3.8) is 0 Å². The molecule has 2 rings (SSSR count).